The third kappa shape index (κ3) is 5.51. The van der Waals surface area contributed by atoms with Crippen LogP contribution < -0.4 is 5.73 Å². The third-order valence-electron chi connectivity index (χ3n) is 7.26. The number of amides is 2. The van der Waals surface area contributed by atoms with Gasteiger partial charge in [0.15, 0.2) is 0 Å². The van der Waals surface area contributed by atoms with Crippen LogP contribution in [0.15, 0.2) is 36.4 Å². The number of hydrogen-bond acceptors (Lipinski definition) is 5. The number of rotatable bonds is 8. The molecule has 3 N–H and O–H groups in total. The fourth-order valence-electron chi connectivity index (χ4n) is 5.25. The number of benzene rings is 2. The van der Waals surface area contributed by atoms with E-state index in [0.717, 1.165) is 23.9 Å². The summed E-state index contributed by atoms with van der Waals surface area (Å²) in [7, 11) is -3.26. The van der Waals surface area contributed by atoms with Crippen LogP contribution in [-0.4, -0.2) is 71.3 Å². The number of likely N-dealkylation sites (tertiary alicyclic amines) is 1. The number of primary amides is 1. The number of aromatic nitrogens is 2. The molecule has 2 aliphatic heterocycles. The van der Waals surface area contributed by atoms with Crippen LogP contribution in [0.25, 0.3) is 11.0 Å². The zero-order valence-corrected chi connectivity index (χ0v) is 22.0. The molecule has 9 nitrogen and oxygen atoms in total. The Kier molecular flexibility index (Phi) is 7.24. The highest BCUT2D eigenvalue weighted by molar-refractivity contribution is 7.89. The van der Waals surface area contributed by atoms with Crippen molar-refractivity contribution in [2.45, 2.75) is 38.0 Å². The lowest BCUT2D eigenvalue weighted by molar-refractivity contribution is 0.0791. The zero-order chi connectivity index (χ0) is 26.2. The highest BCUT2D eigenvalue weighted by Gasteiger charge is 2.30. The van der Waals surface area contributed by atoms with Gasteiger partial charge in [0.05, 0.1) is 16.8 Å². The molecule has 11 heteroatoms. The topological polar surface area (TPSA) is 129 Å². The lowest BCUT2D eigenvalue weighted by Crippen LogP contribution is -2.30. The van der Waals surface area contributed by atoms with Gasteiger partial charge in [-0.1, -0.05) is 11.6 Å². The molecule has 2 amide bonds. The normalized spacial score (nSPS) is 18.5. The first-order valence-corrected chi connectivity index (χ1v) is 14.5. The molecule has 1 atom stereocenters. The van der Waals surface area contributed by atoms with E-state index in [9.17, 15) is 18.0 Å². The summed E-state index contributed by atoms with van der Waals surface area (Å²) in [5, 5.41) is 0.579. The van der Waals surface area contributed by atoms with Gasteiger partial charge >= 0.3 is 0 Å². The Morgan fingerprint density at radius 2 is 1.86 bits per heavy atom. The summed E-state index contributed by atoms with van der Waals surface area (Å²) >= 11 is 6.17. The van der Waals surface area contributed by atoms with E-state index < -0.39 is 15.9 Å². The lowest BCUT2D eigenvalue weighted by Gasteiger charge is -2.22. The molecule has 5 rings (SSSR count). The Morgan fingerprint density at radius 1 is 1.08 bits per heavy atom. The quantitative estimate of drug-likeness (QED) is 0.450. The van der Waals surface area contributed by atoms with E-state index in [2.05, 4.69) is 4.98 Å². The summed E-state index contributed by atoms with van der Waals surface area (Å²) in [5.74, 6) is -0.0379. The largest absolute Gasteiger partial charge is 0.366 e. The SMILES string of the molecule is NC(=O)c1ccc(C(=O)N2CCCC2)c(C[C@@H](CCN2CCCS2(=O)=O)c2nc3ccc(Cl)cc3[nH]2)c1. The molecule has 2 aromatic carbocycles. The second-order valence-corrected chi connectivity index (χ2v) is 12.3. The first-order valence-electron chi connectivity index (χ1n) is 12.6. The molecule has 0 saturated carbocycles. The Balaban J connectivity index is 1.51. The van der Waals surface area contributed by atoms with Gasteiger partial charge in [-0.25, -0.2) is 17.7 Å². The maximum absolute atomic E-state index is 13.4. The summed E-state index contributed by atoms with van der Waals surface area (Å²) in [6.07, 6.45) is 3.43. The second-order valence-electron chi connectivity index (χ2n) is 9.78. The summed E-state index contributed by atoms with van der Waals surface area (Å²) in [5.41, 5.74) is 8.65. The number of carbonyl (C=O) groups is 2. The van der Waals surface area contributed by atoms with Crippen LogP contribution in [0.3, 0.4) is 0 Å². The third-order valence-corrected chi connectivity index (χ3v) is 9.45. The number of hydrogen-bond donors (Lipinski definition) is 2. The fourth-order valence-corrected chi connectivity index (χ4v) is 6.97. The van der Waals surface area contributed by atoms with Gasteiger partial charge < -0.3 is 15.6 Å². The molecule has 196 valence electrons. The summed E-state index contributed by atoms with van der Waals surface area (Å²) < 4.78 is 26.4. The van der Waals surface area contributed by atoms with Crippen molar-refractivity contribution in [1.29, 1.82) is 0 Å². The maximum atomic E-state index is 13.4. The number of halogens is 1. The smallest absolute Gasteiger partial charge is 0.254 e. The molecular weight excluding hydrogens is 514 g/mol. The molecule has 2 aliphatic rings. The lowest BCUT2D eigenvalue weighted by atomic mass is 9.90. The van der Waals surface area contributed by atoms with Crippen molar-refractivity contribution >= 4 is 44.5 Å². The van der Waals surface area contributed by atoms with Gasteiger partial charge in [-0.05, 0) is 74.1 Å². The van der Waals surface area contributed by atoms with Crippen molar-refractivity contribution in [3.63, 3.8) is 0 Å². The number of aromatic amines is 1. The van der Waals surface area contributed by atoms with Gasteiger partial charge in [0.1, 0.15) is 5.82 Å². The number of nitrogens with two attached hydrogens (primary N) is 1. The van der Waals surface area contributed by atoms with Crippen molar-refractivity contribution in [2.24, 2.45) is 5.73 Å². The standard InChI is InChI=1S/C26H30ClN5O4S/c27-20-5-7-22-23(16-20)30-25(29-22)18(8-12-32-11-3-13-37(32,35)36)15-19-14-17(24(28)33)4-6-21(19)26(34)31-9-1-2-10-31/h4-7,14,16,18H,1-3,8-13,15H2,(H2,28,33)(H,29,30)/t18-/m1/s1. The highest BCUT2D eigenvalue weighted by atomic mass is 35.5. The van der Waals surface area contributed by atoms with Crippen molar-refractivity contribution in [2.75, 3.05) is 31.9 Å². The summed E-state index contributed by atoms with van der Waals surface area (Å²) in [4.78, 5) is 35.3. The van der Waals surface area contributed by atoms with E-state index in [-0.39, 0.29) is 17.6 Å². The Morgan fingerprint density at radius 3 is 2.57 bits per heavy atom. The van der Waals surface area contributed by atoms with Crippen LogP contribution in [-0.2, 0) is 16.4 Å². The summed E-state index contributed by atoms with van der Waals surface area (Å²) in [6, 6.07) is 10.3. The van der Waals surface area contributed by atoms with Gasteiger partial charge in [0, 0.05) is 48.2 Å². The Bertz CT molecular complexity index is 1450. The zero-order valence-electron chi connectivity index (χ0n) is 20.5. The van der Waals surface area contributed by atoms with E-state index in [1.807, 2.05) is 11.0 Å². The van der Waals surface area contributed by atoms with Crippen molar-refractivity contribution < 1.29 is 18.0 Å². The Hall–Kier alpha value is -2.95. The van der Waals surface area contributed by atoms with E-state index in [0.29, 0.717) is 73.0 Å². The van der Waals surface area contributed by atoms with Crippen molar-refractivity contribution in [1.82, 2.24) is 19.2 Å². The van der Waals surface area contributed by atoms with E-state index in [4.69, 9.17) is 22.3 Å². The van der Waals surface area contributed by atoms with Crippen LogP contribution in [0.5, 0.6) is 0 Å². The molecule has 1 aromatic heterocycles. The predicted molar refractivity (Wildman–Crippen MR) is 142 cm³/mol. The molecule has 3 heterocycles. The molecule has 37 heavy (non-hydrogen) atoms. The van der Waals surface area contributed by atoms with Crippen LogP contribution >= 0.6 is 11.6 Å². The first-order chi connectivity index (χ1) is 17.7. The van der Waals surface area contributed by atoms with Crippen LogP contribution in [0.1, 0.15) is 63.7 Å². The molecule has 3 aromatic rings. The number of carbonyl (C=O) groups excluding carboxylic acids is 2. The highest BCUT2D eigenvalue weighted by Crippen LogP contribution is 2.30. The summed E-state index contributed by atoms with van der Waals surface area (Å²) in [6.45, 7) is 2.25. The number of sulfonamides is 1. The molecule has 0 aliphatic carbocycles. The van der Waals surface area contributed by atoms with Gasteiger partial charge in [-0.2, -0.15) is 0 Å². The average Bonchev–Trinajstić information content (AvgIpc) is 3.61. The van der Waals surface area contributed by atoms with Crippen LogP contribution in [0.4, 0.5) is 0 Å². The maximum Gasteiger partial charge on any atom is 0.254 e. The van der Waals surface area contributed by atoms with Crippen molar-refractivity contribution in [3.8, 4) is 0 Å². The second kappa shape index (κ2) is 10.4. The molecule has 0 spiro atoms. The number of nitrogens with zero attached hydrogens (tertiary/aromatic N) is 3. The fraction of sp³-hybridized carbons (Fsp3) is 0.423. The van der Waals surface area contributed by atoms with E-state index in [1.54, 1.807) is 30.3 Å². The average molecular weight is 544 g/mol. The first kappa shape index (κ1) is 25.7. The molecule has 0 radical (unpaired) electrons. The van der Waals surface area contributed by atoms with Gasteiger partial charge in [-0.3, -0.25) is 9.59 Å². The van der Waals surface area contributed by atoms with Gasteiger partial charge in [-0.15, -0.1) is 0 Å². The van der Waals surface area contributed by atoms with E-state index in [1.165, 1.54) is 4.31 Å². The van der Waals surface area contributed by atoms with Gasteiger partial charge in [0.25, 0.3) is 5.91 Å². The number of imidazole rings is 1. The van der Waals surface area contributed by atoms with Crippen LogP contribution in [0, 0.1) is 0 Å². The minimum atomic E-state index is -3.26. The van der Waals surface area contributed by atoms with Crippen LogP contribution in [0.2, 0.25) is 5.02 Å². The minimum Gasteiger partial charge on any atom is -0.366 e. The molecule has 2 fully saturated rings. The monoisotopic (exact) mass is 543 g/mol. The number of H-pyrrole nitrogens is 1. The predicted octanol–water partition coefficient (Wildman–Crippen LogP) is 3.30. The molecule has 0 unspecified atom stereocenters. The molecular formula is C26H30ClN5O4S. The number of fused-ring (bicyclic) bond motifs is 1. The minimum absolute atomic E-state index is 0.0687. The Labute approximate surface area is 221 Å². The van der Waals surface area contributed by atoms with Gasteiger partial charge in [0.2, 0.25) is 15.9 Å². The molecule has 0 bridgehead atoms. The van der Waals surface area contributed by atoms with Crippen molar-refractivity contribution in [3.05, 3.63) is 63.9 Å². The molecule has 2 saturated heterocycles. The van der Waals surface area contributed by atoms with E-state index >= 15 is 0 Å². The number of nitrogens with one attached hydrogen (secondary N) is 1.